The number of nitrogens with zero attached hydrogens (tertiary/aromatic N) is 1. The van der Waals surface area contributed by atoms with E-state index >= 15 is 0 Å². The molecule has 2 fully saturated rings. The van der Waals surface area contributed by atoms with Crippen LogP contribution in [-0.2, 0) is 0 Å². The van der Waals surface area contributed by atoms with E-state index in [9.17, 15) is 4.79 Å². The SMILES string of the molecule is CC(=O)c1ccc(N2CC[NH+](C3CCC(C(C)(C)C)CC3)CC2)cc1. The predicted molar refractivity (Wildman–Crippen MR) is 105 cm³/mol. The average molecular weight is 344 g/mol. The van der Waals surface area contributed by atoms with Gasteiger partial charge in [-0.15, -0.1) is 0 Å². The Hall–Kier alpha value is -1.35. The van der Waals surface area contributed by atoms with Crippen LogP contribution in [0.4, 0.5) is 5.69 Å². The second-order valence-corrected chi connectivity index (χ2v) is 9.16. The quantitative estimate of drug-likeness (QED) is 0.853. The molecule has 1 saturated carbocycles. The van der Waals surface area contributed by atoms with Crippen molar-refractivity contribution in [3.8, 4) is 0 Å². The molecule has 0 radical (unpaired) electrons. The van der Waals surface area contributed by atoms with Gasteiger partial charge in [0.05, 0.1) is 32.2 Å². The van der Waals surface area contributed by atoms with Gasteiger partial charge in [-0.3, -0.25) is 4.79 Å². The van der Waals surface area contributed by atoms with E-state index in [-0.39, 0.29) is 5.78 Å². The number of carbonyl (C=O) groups excluding carboxylic acids is 1. The molecule has 3 heteroatoms. The first-order chi connectivity index (χ1) is 11.8. The van der Waals surface area contributed by atoms with Crippen molar-refractivity contribution < 1.29 is 9.69 Å². The molecule has 1 aromatic rings. The Labute approximate surface area is 153 Å². The average Bonchev–Trinajstić information content (AvgIpc) is 2.61. The first kappa shape index (κ1) is 18.4. The molecule has 0 atom stereocenters. The highest BCUT2D eigenvalue weighted by molar-refractivity contribution is 5.94. The zero-order chi connectivity index (χ0) is 18.0. The van der Waals surface area contributed by atoms with Gasteiger partial charge in [-0.1, -0.05) is 20.8 Å². The molecule has 25 heavy (non-hydrogen) atoms. The second-order valence-electron chi connectivity index (χ2n) is 9.16. The maximum absolute atomic E-state index is 11.4. The van der Waals surface area contributed by atoms with E-state index in [1.54, 1.807) is 6.92 Å². The number of hydrogen-bond donors (Lipinski definition) is 1. The summed E-state index contributed by atoms with van der Waals surface area (Å²) in [6, 6.07) is 9.02. The standard InChI is InChI=1S/C22H34N2O/c1-17(25)18-5-9-20(10-6-18)23-13-15-24(16-14-23)21-11-7-19(8-12-21)22(2,3)4/h5-6,9-10,19,21H,7-8,11-16H2,1-4H3/p+1. The summed E-state index contributed by atoms with van der Waals surface area (Å²) in [5.74, 6) is 1.05. The minimum Gasteiger partial charge on any atom is -0.360 e. The molecule has 0 spiro atoms. The van der Waals surface area contributed by atoms with Gasteiger partial charge < -0.3 is 9.80 Å². The Balaban J connectivity index is 1.50. The van der Waals surface area contributed by atoms with Gasteiger partial charge in [0, 0.05) is 11.3 Å². The summed E-state index contributed by atoms with van der Waals surface area (Å²) in [6.07, 6.45) is 5.64. The number of rotatable bonds is 3. The third-order valence-corrected chi connectivity index (χ3v) is 6.57. The topological polar surface area (TPSA) is 24.8 Å². The monoisotopic (exact) mass is 343 g/mol. The Morgan fingerprint density at radius 3 is 2.04 bits per heavy atom. The molecular formula is C22H35N2O+. The zero-order valence-electron chi connectivity index (χ0n) is 16.5. The van der Waals surface area contributed by atoms with Crippen LogP contribution >= 0.6 is 0 Å². The number of ketones is 1. The molecule has 1 aliphatic carbocycles. The van der Waals surface area contributed by atoms with Gasteiger partial charge in [0.2, 0.25) is 0 Å². The highest BCUT2D eigenvalue weighted by atomic mass is 16.1. The van der Waals surface area contributed by atoms with E-state index in [1.807, 2.05) is 17.0 Å². The molecule has 1 aliphatic heterocycles. The summed E-state index contributed by atoms with van der Waals surface area (Å²) in [6.45, 7) is 13.6. The smallest absolute Gasteiger partial charge is 0.159 e. The maximum Gasteiger partial charge on any atom is 0.159 e. The van der Waals surface area contributed by atoms with Crippen LogP contribution in [0, 0.1) is 11.3 Å². The molecule has 0 amide bonds. The maximum atomic E-state index is 11.4. The molecule has 0 bridgehead atoms. The van der Waals surface area contributed by atoms with Gasteiger partial charge in [0.1, 0.15) is 0 Å². The third kappa shape index (κ3) is 4.44. The summed E-state index contributed by atoms with van der Waals surface area (Å²) < 4.78 is 0. The van der Waals surface area contributed by atoms with Gasteiger partial charge in [-0.05, 0) is 68.2 Å². The fraction of sp³-hybridized carbons (Fsp3) is 0.682. The van der Waals surface area contributed by atoms with E-state index in [0.717, 1.165) is 30.6 Å². The van der Waals surface area contributed by atoms with Crippen LogP contribution in [0.2, 0.25) is 0 Å². The van der Waals surface area contributed by atoms with Crippen molar-refractivity contribution in [1.82, 2.24) is 0 Å². The molecule has 2 aliphatic rings. The molecule has 0 unspecified atom stereocenters. The van der Waals surface area contributed by atoms with Crippen LogP contribution in [0.25, 0.3) is 0 Å². The van der Waals surface area contributed by atoms with Crippen molar-refractivity contribution in [2.24, 2.45) is 11.3 Å². The zero-order valence-corrected chi connectivity index (χ0v) is 16.5. The molecule has 1 N–H and O–H groups in total. The first-order valence-electron chi connectivity index (χ1n) is 10.0. The van der Waals surface area contributed by atoms with E-state index in [4.69, 9.17) is 0 Å². The number of benzene rings is 1. The Morgan fingerprint density at radius 2 is 1.56 bits per heavy atom. The van der Waals surface area contributed by atoms with Crippen LogP contribution in [0.5, 0.6) is 0 Å². The van der Waals surface area contributed by atoms with Gasteiger partial charge in [-0.2, -0.15) is 0 Å². The normalized spacial score (nSPS) is 25.8. The molecule has 0 aromatic heterocycles. The Bertz CT molecular complexity index is 571. The van der Waals surface area contributed by atoms with E-state index in [0.29, 0.717) is 5.41 Å². The predicted octanol–water partition coefficient (Wildman–Crippen LogP) is 3.20. The molecular weight excluding hydrogens is 308 g/mol. The number of nitrogens with one attached hydrogen (secondary N) is 1. The largest absolute Gasteiger partial charge is 0.360 e. The summed E-state index contributed by atoms with van der Waals surface area (Å²) in [5.41, 5.74) is 2.55. The van der Waals surface area contributed by atoms with Gasteiger partial charge in [0.25, 0.3) is 0 Å². The summed E-state index contributed by atoms with van der Waals surface area (Å²) in [4.78, 5) is 15.7. The van der Waals surface area contributed by atoms with Gasteiger partial charge in [-0.25, -0.2) is 0 Å². The van der Waals surface area contributed by atoms with Crippen molar-refractivity contribution in [2.45, 2.75) is 59.4 Å². The van der Waals surface area contributed by atoms with Crippen LogP contribution < -0.4 is 9.80 Å². The minimum atomic E-state index is 0.145. The third-order valence-electron chi connectivity index (χ3n) is 6.57. The van der Waals surface area contributed by atoms with Crippen molar-refractivity contribution in [1.29, 1.82) is 0 Å². The van der Waals surface area contributed by atoms with Crippen LogP contribution in [0.1, 0.15) is 63.7 Å². The van der Waals surface area contributed by atoms with Crippen molar-refractivity contribution in [3.05, 3.63) is 29.8 Å². The number of Topliss-reactive ketones (excluding diaryl/α,β-unsaturated/α-hetero) is 1. The number of carbonyl (C=O) groups is 1. The van der Waals surface area contributed by atoms with Crippen LogP contribution in [0.15, 0.2) is 24.3 Å². The van der Waals surface area contributed by atoms with E-state index in [1.165, 1.54) is 44.5 Å². The van der Waals surface area contributed by atoms with Gasteiger partial charge >= 0.3 is 0 Å². The lowest BCUT2D eigenvalue weighted by Gasteiger charge is -2.42. The van der Waals surface area contributed by atoms with E-state index < -0.39 is 0 Å². The second kappa shape index (κ2) is 7.49. The van der Waals surface area contributed by atoms with Crippen molar-refractivity contribution in [3.63, 3.8) is 0 Å². The van der Waals surface area contributed by atoms with Crippen molar-refractivity contribution in [2.75, 3.05) is 31.1 Å². The lowest BCUT2D eigenvalue weighted by Crippen LogP contribution is -3.18. The number of quaternary nitrogens is 1. The lowest BCUT2D eigenvalue weighted by atomic mass is 9.71. The fourth-order valence-corrected chi connectivity index (χ4v) is 4.74. The molecule has 1 saturated heterocycles. The van der Waals surface area contributed by atoms with E-state index in [2.05, 4.69) is 37.8 Å². The summed E-state index contributed by atoms with van der Waals surface area (Å²) >= 11 is 0. The first-order valence-corrected chi connectivity index (χ1v) is 10.0. The summed E-state index contributed by atoms with van der Waals surface area (Å²) in [5, 5.41) is 0. The summed E-state index contributed by atoms with van der Waals surface area (Å²) in [7, 11) is 0. The molecule has 3 rings (SSSR count). The lowest BCUT2D eigenvalue weighted by molar-refractivity contribution is -0.927. The fourth-order valence-electron chi connectivity index (χ4n) is 4.74. The van der Waals surface area contributed by atoms with Gasteiger partial charge in [0.15, 0.2) is 5.78 Å². The highest BCUT2D eigenvalue weighted by Crippen LogP contribution is 2.37. The van der Waals surface area contributed by atoms with Crippen molar-refractivity contribution >= 4 is 11.5 Å². The van der Waals surface area contributed by atoms with Crippen LogP contribution in [0.3, 0.4) is 0 Å². The highest BCUT2D eigenvalue weighted by Gasteiger charge is 2.35. The molecule has 3 nitrogen and oxygen atoms in total. The number of anilines is 1. The molecule has 1 aromatic carbocycles. The van der Waals surface area contributed by atoms with Crippen LogP contribution in [-0.4, -0.2) is 38.0 Å². The Kier molecular flexibility index (Phi) is 5.52. The minimum absolute atomic E-state index is 0.145. The molecule has 1 heterocycles. The number of piperazine rings is 1. The Morgan fingerprint density at radius 1 is 1.00 bits per heavy atom. The number of hydrogen-bond acceptors (Lipinski definition) is 2. The molecule has 138 valence electrons.